The van der Waals surface area contributed by atoms with Gasteiger partial charge in [-0.2, -0.15) is 0 Å². The van der Waals surface area contributed by atoms with Gasteiger partial charge in [0.1, 0.15) is 5.76 Å². The van der Waals surface area contributed by atoms with E-state index in [9.17, 15) is 0 Å². The fourth-order valence-electron chi connectivity index (χ4n) is 3.71. The Morgan fingerprint density at radius 1 is 1.38 bits per heavy atom. The lowest BCUT2D eigenvalue weighted by atomic mass is 9.84. The molecule has 0 aromatic carbocycles. The Balaban J connectivity index is 1.73. The maximum Gasteiger partial charge on any atom is 0.117 e. The van der Waals surface area contributed by atoms with E-state index < -0.39 is 0 Å². The molecule has 2 heterocycles. The molecule has 1 aromatic heterocycles. The first kappa shape index (κ1) is 15.1. The van der Waals surface area contributed by atoms with Crippen LogP contribution in [0.1, 0.15) is 45.3 Å². The van der Waals surface area contributed by atoms with E-state index in [0.29, 0.717) is 12.1 Å². The Bertz CT molecular complexity index is 431. The summed E-state index contributed by atoms with van der Waals surface area (Å²) in [6.45, 7) is 8.58. The molecule has 0 atom stereocenters. The van der Waals surface area contributed by atoms with Crippen molar-refractivity contribution in [1.82, 2.24) is 9.80 Å². The van der Waals surface area contributed by atoms with Crippen molar-refractivity contribution in [2.45, 2.75) is 63.7 Å². The molecule has 0 unspecified atom stereocenters. The minimum atomic E-state index is 0.166. The van der Waals surface area contributed by atoms with E-state index in [1.54, 1.807) is 6.26 Å². The lowest BCUT2D eigenvalue weighted by Crippen LogP contribution is -2.60. The van der Waals surface area contributed by atoms with Crippen molar-refractivity contribution < 1.29 is 4.42 Å². The van der Waals surface area contributed by atoms with Crippen LogP contribution in [0.25, 0.3) is 0 Å². The smallest absolute Gasteiger partial charge is 0.117 e. The first-order chi connectivity index (χ1) is 10.1. The van der Waals surface area contributed by atoms with Crippen LogP contribution in [-0.2, 0) is 6.54 Å². The summed E-state index contributed by atoms with van der Waals surface area (Å²) >= 11 is 0. The Hall–Kier alpha value is -0.840. The van der Waals surface area contributed by atoms with Gasteiger partial charge in [0, 0.05) is 37.3 Å². The summed E-state index contributed by atoms with van der Waals surface area (Å²) in [6.07, 6.45) is 6.77. The van der Waals surface area contributed by atoms with E-state index in [1.165, 1.54) is 25.7 Å². The molecule has 0 bridgehead atoms. The second-order valence-corrected chi connectivity index (χ2v) is 7.00. The van der Waals surface area contributed by atoms with Crippen molar-refractivity contribution >= 4 is 0 Å². The molecular formula is C17H29N3O. The van der Waals surface area contributed by atoms with Crippen LogP contribution in [0.4, 0.5) is 0 Å². The van der Waals surface area contributed by atoms with Gasteiger partial charge in [0.2, 0.25) is 0 Å². The average Bonchev–Trinajstić information content (AvgIpc) is 3.21. The highest BCUT2D eigenvalue weighted by atomic mass is 16.3. The zero-order valence-electron chi connectivity index (χ0n) is 13.4. The lowest BCUT2D eigenvalue weighted by Gasteiger charge is -2.49. The standard InChI is InChI=1S/C17H29N3O/c1-14(2)19-9-7-17(13-18,8-10-19)20(15-5-6-15)12-16-4-3-11-21-16/h3-4,11,14-15H,5-10,12-13,18H2,1-2H3. The van der Waals surface area contributed by atoms with Crippen molar-refractivity contribution in [3.05, 3.63) is 24.2 Å². The molecule has 4 heteroatoms. The normalized spacial score (nSPS) is 23.1. The zero-order chi connectivity index (χ0) is 14.9. The highest BCUT2D eigenvalue weighted by Crippen LogP contribution is 2.39. The van der Waals surface area contributed by atoms with Crippen LogP contribution < -0.4 is 5.73 Å². The molecule has 21 heavy (non-hydrogen) atoms. The van der Waals surface area contributed by atoms with E-state index in [2.05, 4.69) is 29.7 Å². The summed E-state index contributed by atoms with van der Waals surface area (Å²) < 4.78 is 5.59. The van der Waals surface area contributed by atoms with E-state index in [-0.39, 0.29) is 5.54 Å². The molecule has 0 spiro atoms. The Morgan fingerprint density at radius 2 is 2.10 bits per heavy atom. The van der Waals surface area contributed by atoms with Gasteiger partial charge in [-0.15, -0.1) is 0 Å². The van der Waals surface area contributed by atoms with Crippen molar-refractivity contribution in [1.29, 1.82) is 0 Å². The number of likely N-dealkylation sites (tertiary alicyclic amines) is 1. The molecule has 1 aromatic rings. The van der Waals surface area contributed by atoms with Gasteiger partial charge in [-0.05, 0) is 51.7 Å². The van der Waals surface area contributed by atoms with Crippen LogP contribution in [0.15, 0.2) is 22.8 Å². The van der Waals surface area contributed by atoms with E-state index >= 15 is 0 Å². The Morgan fingerprint density at radius 3 is 2.57 bits per heavy atom. The summed E-state index contributed by atoms with van der Waals surface area (Å²) in [5.74, 6) is 1.07. The highest BCUT2D eigenvalue weighted by molar-refractivity contribution is 5.06. The van der Waals surface area contributed by atoms with Crippen LogP contribution >= 0.6 is 0 Å². The summed E-state index contributed by atoms with van der Waals surface area (Å²) in [5.41, 5.74) is 6.43. The molecule has 0 amide bonds. The van der Waals surface area contributed by atoms with Crippen LogP contribution in [0.3, 0.4) is 0 Å². The van der Waals surface area contributed by atoms with Gasteiger partial charge in [-0.1, -0.05) is 0 Å². The number of furan rings is 1. The predicted molar refractivity (Wildman–Crippen MR) is 85.0 cm³/mol. The minimum Gasteiger partial charge on any atom is -0.468 e. The number of nitrogens with zero attached hydrogens (tertiary/aromatic N) is 2. The van der Waals surface area contributed by atoms with Crippen LogP contribution in [0.2, 0.25) is 0 Å². The summed E-state index contributed by atoms with van der Waals surface area (Å²) in [4.78, 5) is 5.23. The number of hydrogen-bond donors (Lipinski definition) is 1. The molecule has 0 radical (unpaired) electrons. The molecule has 2 aliphatic rings. The molecule has 1 aliphatic carbocycles. The van der Waals surface area contributed by atoms with Gasteiger partial charge < -0.3 is 15.1 Å². The third kappa shape index (κ3) is 3.17. The van der Waals surface area contributed by atoms with Crippen molar-refractivity contribution in [2.24, 2.45) is 5.73 Å². The molecular weight excluding hydrogens is 262 g/mol. The van der Waals surface area contributed by atoms with Gasteiger partial charge in [0.15, 0.2) is 0 Å². The van der Waals surface area contributed by atoms with Crippen molar-refractivity contribution in [2.75, 3.05) is 19.6 Å². The van der Waals surface area contributed by atoms with Crippen LogP contribution in [-0.4, -0.2) is 47.1 Å². The number of nitrogens with two attached hydrogens (primary N) is 1. The van der Waals surface area contributed by atoms with Crippen molar-refractivity contribution in [3.8, 4) is 0 Å². The van der Waals surface area contributed by atoms with E-state index in [0.717, 1.165) is 31.9 Å². The quantitative estimate of drug-likeness (QED) is 0.874. The fourth-order valence-corrected chi connectivity index (χ4v) is 3.71. The molecule has 2 fully saturated rings. The van der Waals surface area contributed by atoms with E-state index in [1.807, 2.05) is 6.07 Å². The largest absolute Gasteiger partial charge is 0.468 e. The van der Waals surface area contributed by atoms with Gasteiger partial charge in [0.05, 0.1) is 12.8 Å². The van der Waals surface area contributed by atoms with Crippen molar-refractivity contribution in [3.63, 3.8) is 0 Å². The van der Waals surface area contributed by atoms with Gasteiger partial charge >= 0.3 is 0 Å². The average molecular weight is 291 g/mol. The highest BCUT2D eigenvalue weighted by Gasteiger charge is 2.45. The fraction of sp³-hybridized carbons (Fsp3) is 0.765. The molecule has 4 nitrogen and oxygen atoms in total. The number of piperidine rings is 1. The topological polar surface area (TPSA) is 45.6 Å². The molecule has 1 saturated carbocycles. The van der Waals surface area contributed by atoms with Gasteiger partial charge in [-0.3, -0.25) is 4.90 Å². The Labute approximate surface area is 128 Å². The maximum atomic E-state index is 6.26. The lowest BCUT2D eigenvalue weighted by molar-refractivity contribution is 0.00278. The molecule has 1 saturated heterocycles. The third-order valence-corrected chi connectivity index (χ3v) is 5.34. The SMILES string of the molecule is CC(C)N1CCC(CN)(N(Cc2ccco2)C2CC2)CC1. The second-order valence-electron chi connectivity index (χ2n) is 7.00. The molecule has 1 aliphatic heterocycles. The third-order valence-electron chi connectivity index (χ3n) is 5.34. The number of rotatable bonds is 6. The number of hydrogen-bond acceptors (Lipinski definition) is 4. The molecule has 3 rings (SSSR count). The maximum absolute atomic E-state index is 6.26. The zero-order valence-corrected chi connectivity index (χ0v) is 13.4. The van der Waals surface area contributed by atoms with Gasteiger partial charge in [-0.25, -0.2) is 0 Å². The summed E-state index contributed by atoms with van der Waals surface area (Å²) in [5, 5.41) is 0. The monoisotopic (exact) mass is 291 g/mol. The molecule has 2 N–H and O–H groups in total. The van der Waals surface area contributed by atoms with E-state index in [4.69, 9.17) is 10.2 Å². The second kappa shape index (κ2) is 6.11. The van der Waals surface area contributed by atoms with Crippen LogP contribution in [0, 0.1) is 0 Å². The summed E-state index contributed by atoms with van der Waals surface area (Å²) in [7, 11) is 0. The Kier molecular flexibility index (Phi) is 4.38. The summed E-state index contributed by atoms with van der Waals surface area (Å²) in [6, 6.07) is 5.42. The van der Waals surface area contributed by atoms with Crippen LogP contribution in [0.5, 0.6) is 0 Å². The molecule has 118 valence electrons. The first-order valence-corrected chi connectivity index (χ1v) is 8.38. The minimum absolute atomic E-state index is 0.166. The predicted octanol–water partition coefficient (Wildman–Crippen LogP) is 2.45. The van der Waals surface area contributed by atoms with Gasteiger partial charge in [0.25, 0.3) is 0 Å². The first-order valence-electron chi connectivity index (χ1n) is 8.38.